The molecule has 1 aliphatic rings. The van der Waals surface area contributed by atoms with Crippen molar-refractivity contribution in [2.75, 3.05) is 12.4 Å². The van der Waals surface area contributed by atoms with E-state index in [9.17, 15) is 0 Å². The van der Waals surface area contributed by atoms with Crippen LogP contribution in [-0.4, -0.2) is 18.1 Å². The van der Waals surface area contributed by atoms with E-state index in [4.69, 9.17) is 4.74 Å². The van der Waals surface area contributed by atoms with Gasteiger partial charge in [-0.1, -0.05) is 25.7 Å². The lowest BCUT2D eigenvalue weighted by atomic mass is 10.1. The number of thiazole rings is 1. The number of ether oxygens (including phenoxy) is 1. The predicted octanol–water partition coefficient (Wildman–Crippen LogP) is 3.42. The molecule has 0 aromatic carbocycles. The zero-order chi connectivity index (χ0) is 11.2. The van der Waals surface area contributed by atoms with Crippen molar-refractivity contribution in [1.82, 2.24) is 4.98 Å². The minimum atomic E-state index is 0.614. The lowest BCUT2D eigenvalue weighted by Gasteiger charge is -2.14. The molecule has 90 valence electrons. The summed E-state index contributed by atoms with van der Waals surface area (Å²) in [6.07, 6.45) is 8.08. The number of anilines is 1. The maximum Gasteiger partial charge on any atom is 0.183 e. The van der Waals surface area contributed by atoms with E-state index in [1.807, 2.05) is 0 Å². The summed E-state index contributed by atoms with van der Waals surface area (Å²) in [5, 5.41) is 6.68. The number of nitrogens with zero attached hydrogens (tertiary/aromatic N) is 1. The van der Waals surface area contributed by atoms with Gasteiger partial charge in [0.15, 0.2) is 5.13 Å². The van der Waals surface area contributed by atoms with Gasteiger partial charge in [0.05, 0.1) is 12.3 Å². The van der Waals surface area contributed by atoms with Crippen molar-refractivity contribution in [2.45, 2.75) is 51.2 Å². The highest BCUT2D eigenvalue weighted by Gasteiger charge is 2.13. The molecule has 0 spiro atoms. The summed E-state index contributed by atoms with van der Waals surface area (Å²) in [6.45, 7) is 0.614. The molecule has 2 rings (SSSR count). The van der Waals surface area contributed by atoms with E-state index in [-0.39, 0.29) is 0 Å². The molecule has 1 aromatic rings. The van der Waals surface area contributed by atoms with Crippen LogP contribution in [0.3, 0.4) is 0 Å². The highest BCUT2D eigenvalue weighted by atomic mass is 32.1. The second-order valence-electron chi connectivity index (χ2n) is 4.41. The van der Waals surface area contributed by atoms with Crippen molar-refractivity contribution in [3.8, 4) is 0 Å². The quantitative estimate of drug-likeness (QED) is 0.819. The number of hydrogen-bond acceptors (Lipinski definition) is 4. The standard InChI is InChI=1S/C12H20N2OS/c1-15-8-11-9-16-12(14-11)13-10-6-4-2-3-5-7-10/h9-10H,2-8H2,1H3,(H,13,14). The van der Waals surface area contributed by atoms with Gasteiger partial charge in [0.2, 0.25) is 0 Å². The molecular formula is C12H20N2OS. The number of aromatic nitrogens is 1. The van der Waals surface area contributed by atoms with E-state index in [2.05, 4.69) is 15.7 Å². The Hall–Kier alpha value is -0.610. The fourth-order valence-corrected chi connectivity index (χ4v) is 2.96. The molecule has 0 radical (unpaired) electrons. The van der Waals surface area contributed by atoms with Crippen LogP contribution in [0.1, 0.15) is 44.2 Å². The first-order valence-corrected chi connectivity index (χ1v) is 6.96. The Labute approximate surface area is 101 Å². The molecule has 0 saturated heterocycles. The van der Waals surface area contributed by atoms with Crippen LogP contribution < -0.4 is 5.32 Å². The molecule has 1 fully saturated rings. The van der Waals surface area contributed by atoms with Crippen molar-refractivity contribution in [3.05, 3.63) is 11.1 Å². The Kier molecular flexibility index (Phi) is 4.60. The molecule has 4 heteroatoms. The molecule has 0 aliphatic heterocycles. The molecular weight excluding hydrogens is 220 g/mol. The van der Waals surface area contributed by atoms with Crippen molar-refractivity contribution < 1.29 is 4.74 Å². The zero-order valence-corrected chi connectivity index (χ0v) is 10.7. The van der Waals surface area contributed by atoms with Crippen LogP contribution in [0.5, 0.6) is 0 Å². The minimum absolute atomic E-state index is 0.614. The maximum absolute atomic E-state index is 5.07. The third kappa shape index (κ3) is 3.46. The van der Waals surface area contributed by atoms with Gasteiger partial charge in [-0.15, -0.1) is 11.3 Å². The Morgan fingerprint density at radius 3 is 2.81 bits per heavy atom. The molecule has 1 aromatic heterocycles. The third-order valence-electron chi connectivity index (χ3n) is 3.03. The summed E-state index contributed by atoms with van der Waals surface area (Å²) >= 11 is 1.69. The Bertz CT molecular complexity index is 306. The third-order valence-corrected chi connectivity index (χ3v) is 3.85. The van der Waals surface area contributed by atoms with E-state index >= 15 is 0 Å². The number of hydrogen-bond donors (Lipinski definition) is 1. The Morgan fingerprint density at radius 2 is 2.12 bits per heavy atom. The van der Waals surface area contributed by atoms with Crippen LogP contribution in [0.2, 0.25) is 0 Å². The normalized spacial score (nSPS) is 18.3. The van der Waals surface area contributed by atoms with Crippen LogP contribution in [0.15, 0.2) is 5.38 Å². The minimum Gasteiger partial charge on any atom is -0.378 e. The van der Waals surface area contributed by atoms with Crippen LogP contribution in [-0.2, 0) is 11.3 Å². The Balaban J connectivity index is 1.86. The second-order valence-corrected chi connectivity index (χ2v) is 5.27. The smallest absolute Gasteiger partial charge is 0.183 e. The van der Waals surface area contributed by atoms with Gasteiger partial charge in [-0.2, -0.15) is 0 Å². The monoisotopic (exact) mass is 240 g/mol. The van der Waals surface area contributed by atoms with Gasteiger partial charge in [0, 0.05) is 18.5 Å². The van der Waals surface area contributed by atoms with E-state index < -0.39 is 0 Å². The zero-order valence-electron chi connectivity index (χ0n) is 9.87. The summed E-state index contributed by atoms with van der Waals surface area (Å²) in [7, 11) is 1.71. The molecule has 1 N–H and O–H groups in total. The van der Waals surface area contributed by atoms with Crippen molar-refractivity contribution in [1.29, 1.82) is 0 Å². The molecule has 16 heavy (non-hydrogen) atoms. The first kappa shape index (κ1) is 11.9. The SMILES string of the molecule is COCc1csc(NC2CCCCCC2)n1. The van der Waals surface area contributed by atoms with E-state index in [0.717, 1.165) is 10.8 Å². The summed E-state index contributed by atoms with van der Waals surface area (Å²) in [4.78, 5) is 4.51. The van der Waals surface area contributed by atoms with Gasteiger partial charge in [0.1, 0.15) is 0 Å². The second kappa shape index (κ2) is 6.21. The lowest BCUT2D eigenvalue weighted by Crippen LogP contribution is -2.18. The van der Waals surface area contributed by atoms with Gasteiger partial charge in [0.25, 0.3) is 0 Å². The van der Waals surface area contributed by atoms with Crippen molar-refractivity contribution in [2.24, 2.45) is 0 Å². The summed E-state index contributed by atoms with van der Waals surface area (Å²) < 4.78 is 5.07. The molecule has 0 atom stereocenters. The van der Waals surface area contributed by atoms with E-state index in [1.54, 1.807) is 18.4 Å². The number of nitrogens with one attached hydrogen (secondary N) is 1. The molecule has 3 nitrogen and oxygen atoms in total. The molecule has 0 amide bonds. The van der Waals surface area contributed by atoms with Crippen LogP contribution in [0, 0.1) is 0 Å². The van der Waals surface area contributed by atoms with Crippen LogP contribution in [0.25, 0.3) is 0 Å². The fraction of sp³-hybridized carbons (Fsp3) is 0.750. The van der Waals surface area contributed by atoms with E-state index in [0.29, 0.717) is 12.6 Å². The highest BCUT2D eigenvalue weighted by molar-refractivity contribution is 7.13. The summed E-state index contributed by atoms with van der Waals surface area (Å²) in [5.41, 5.74) is 1.03. The van der Waals surface area contributed by atoms with Gasteiger partial charge in [-0.25, -0.2) is 4.98 Å². The van der Waals surface area contributed by atoms with Crippen LogP contribution >= 0.6 is 11.3 Å². The number of rotatable bonds is 4. The summed E-state index contributed by atoms with van der Waals surface area (Å²) in [5.74, 6) is 0. The van der Waals surface area contributed by atoms with Gasteiger partial charge in [-0.05, 0) is 12.8 Å². The first-order chi connectivity index (χ1) is 7.88. The van der Waals surface area contributed by atoms with Crippen molar-refractivity contribution >= 4 is 16.5 Å². The number of methoxy groups -OCH3 is 1. The topological polar surface area (TPSA) is 34.1 Å². The van der Waals surface area contributed by atoms with Crippen molar-refractivity contribution in [3.63, 3.8) is 0 Å². The molecule has 1 aliphatic carbocycles. The largest absolute Gasteiger partial charge is 0.378 e. The maximum atomic E-state index is 5.07. The average molecular weight is 240 g/mol. The van der Waals surface area contributed by atoms with Gasteiger partial charge < -0.3 is 10.1 Å². The Morgan fingerprint density at radius 1 is 1.38 bits per heavy atom. The fourth-order valence-electron chi connectivity index (χ4n) is 2.19. The van der Waals surface area contributed by atoms with Gasteiger partial charge in [-0.3, -0.25) is 0 Å². The summed E-state index contributed by atoms with van der Waals surface area (Å²) in [6, 6.07) is 0.629. The average Bonchev–Trinajstić information content (AvgIpc) is 2.56. The predicted molar refractivity (Wildman–Crippen MR) is 67.9 cm³/mol. The van der Waals surface area contributed by atoms with E-state index in [1.165, 1.54) is 38.5 Å². The molecule has 0 unspecified atom stereocenters. The van der Waals surface area contributed by atoms with Gasteiger partial charge >= 0.3 is 0 Å². The molecule has 1 heterocycles. The van der Waals surface area contributed by atoms with Crippen LogP contribution in [0.4, 0.5) is 5.13 Å². The molecule has 0 bridgehead atoms. The highest BCUT2D eigenvalue weighted by Crippen LogP contribution is 2.23. The lowest BCUT2D eigenvalue weighted by molar-refractivity contribution is 0.182. The first-order valence-electron chi connectivity index (χ1n) is 6.08. The molecule has 1 saturated carbocycles.